The molecule has 0 aliphatic carbocycles. The van der Waals surface area contributed by atoms with Crippen LogP contribution in [0, 0.1) is 5.21 Å². The van der Waals surface area contributed by atoms with Gasteiger partial charge in [0.15, 0.2) is 0 Å². The Morgan fingerprint density at radius 3 is 2.00 bits per heavy atom. The van der Waals surface area contributed by atoms with Gasteiger partial charge in [0.05, 0.1) is 14.1 Å². The van der Waals surface area contributed by atoms with Gasteiger partial charge in [-0.3, -0.25) is 0 Å². The second-order valence-corrected chi connectivity index (χ2v) is 3.74. The van der Waals surface area contributed by atoms with Crippen LogP contribution < -0.4 is 4.65 Å². The highest BCUT2D eigenvalue weighted by atomic mass is 79.9. The van der Waals surface area contributed by atoms with Crippen LogP contribution in [0.3, 0.4) is 0 Å². The van der Waals surface area contributed by atoms with Gasteiger partial charge in [0.1, 0.15) is 5.69 Å². The van der Waals surface area contributed by atoms with Gasteiger partial charge < -0.3 is 9.85 Å². The van der Waals surface area contributed by atoms with E-state index in [0.717, 1.165) is 10.2 Å². The molecule has 0 aromatic heterocycles. The van der Waals surface area contributed by atoms with Gasteiger partial charge in [-0.05, 0) is 12.1 Å². The molecule has 0 bridgehead atoms. The average molecular weight is 216 g/mol. The van der Waals surface area contributed by atoms with Gasteiger partial charge in [-0.2, -0.15) is 0 Å². The van der Waals surface area contributed by atoms with E-state index in [2.05, 4.69) is 15.9 Å². The number of rotatable bonds is 1. The van der Waals surface area contributed by atoms with Gasteiger partial charge in [0, 0.05) is 16.6 Å². The lowest BCUT2D eigenvalue weighted by Gasteiger charge is -2.32. The highest BCUT2D eigenvalue weighted by molar-refractivity contribution is 9.10. The standard InChI is InChI=1S/C8H10BrNO/c1-10(2,11)8-5-3-7(9)4-6-8/h3-6H,1-2H3. The van der Waals surface area contributed by atoms with Crippen LogP contribution in [0.5, 0.6) is 0 Å². The van der Waals surface area contributed by atoms with Gasteiger partial charge in [-0.15, -0.1) is 0 Å². The Hall–Kier alpha value is -0.380. The van der Waals surface area contributed by atoms with Gasteiger partial charge in [-0.25, -0.2) is 0 Å². The summed E-state index contributed by atoms with van der Waals surface area (Å²) >= 11 is 3.30. The number of benzene rings is 1. The average Bonchev–Trinajstić information content (AvgIpc) is 1.86. The van der Waals surface area contributed by atoms with Gasteiger partial charge in [0.2, 0.25) is 0 Å². The maximum atomic E-state index is 11.3. The van der Waals surface area contributed by atoms with E-state index in [1.165, 1.54) is 0 Å². The van der Waals surface area contributed by atoms with Gasteiger partial charge in [0.25, 0.3) is 0 Å². The third-order valence-electron chi connectivity index (χ3n) is 1.45. The quantitative estimate of drug-likeness (QED) is 0.522. The largest absolute Gasteiger partial charge is 0.628 e. The van der Waals surface area contributed by atoms with Crippen LogP contribution in [0.25, 0.3) is 0 Å². The van der Waals surface area contributed by atoms with Crippen LogP contribution in [0.2, 0.25) is 0 Å². The summed E-state index contributed by atoms with van der Waals surface area (Å²) in [6.45, 7) is 0. The third-order valence-corrected chi connectivity index (χ3v) is 1.98. The summed E-state index contributed by atoms with van der Waals surface area (Å²) in [5, 5.41) is 11.3. The molecule has 0 saturated carbocycles. The van der Waals surface area contributed by atoms with Crippen molar-refractivity contribution in [2.75, 3.05) is 14.1 Å². The third kappa shape index (κ3) is 2.29. The van der Waals surface area contributed by atoms with Crippen molar-refractivity contribution >= 4 is 21.6 Å². The summed E-state index contributed by atoms with van der Waals surface area (Å²) < 4.78 is 0.613. The Balaban J connectivity index is 2.99. The molecule has 0 radical (unpaired) electrons. The maximum absolute atomic E-state index is 11.3. The number of hydrogen-bond donors (Lipinski definition) is 0. The smallest absolute Gasteiger partial charge is 0.132 e. The van der Waals surface area contributed by atoms with E-state index in [1.54, 1.807) is 14.1 Å². The summed E-state index contributed by atoms with van der Waals surface area (Å²) in [6.07, 6.45) is 0. The molecule has 1 aromatic carbocycles. The van der Waals surface area contributed by atoms with Crippen LogP contribution in [0.4, 0.5) is 5.69 Å². The van der Waals surface area contributed by atoms with Crippen molar-refractivity contribution in [1.29, 1.82) is 0 Å². The van der Waals surface area contributed by atoms with Gasteiger partial charge in [-0.1, -0.05) is 15.9 Å². The Kier molecular flexibility index (Phi) is 2.32. The fraction of sp³-hybridized carbons (Fsp3) is 0.250. The van der Waals surface area contributed by atoms with Crippen LogP contribution in [-0.2, 0) is 0 Å². The molecule has 11 heavy (non-hydrogen) atoms. The molecule has 3 heteroatoms. The molecule has 1 aromatic rings. The van der Waals surface area contributed by atoms with E-state index in [4.69, 9.17) is 0 Å². The second kappa shape index (κ2) is 2.93. The van der Waals surface area contributed by atoms with E-state index in [9.17, 15) is 5.21 Å². The topological polar surface area (TPSA) is 23.1 Å². The van der Waals surface area contributed by atoms with Crippen molar-refractivity contribution in [2.24, 2.45) is 0 Å². The fourth-order valence-corrected chi connectivity index (χ4v) is 1.06. The lowest BCUT2D eigenvalue weighted by Crippen LogP contribution is -2.32. The van der Waals surface area contributed by atoms with Crippen molar-refractivity contribution in [1.82, 2.24) is 4.65 Å². The van der Waals surface area contributed by atoms with E-state index < -0.39 is 0 Å². The molecule has 0 unspecified atom stereocenters. The molecule has 0 aliphatic rings. The van der Waals surface area contributed by atoms with E-state index in [-0.39, 0.29) is 4.65 Å². The minimum Gasteiger partial charge on any atom is -0.628 e. The van der Waals surface area contributed by atoms with Gasteiger partial charge >= 0.3 is 0 Å². The monoisotopic (exact) mass is 215 g/mol. The lowest BCUT2D eigenvalue weighted by molar-refractivity contribution is 0.543. The minimum absolute atomic E-state index is 0.382. The van der Waals surface area contributed by atoms with Crippen molar-refractivity contribution < 1.29 is 0 Å². The Morgan fingerprint density at radius 1 is 1.18 bits per heavy atom. The van der Waals surface area contributed by atoms with Crippen molar-refractivity contribution in [3.63, 3.8) is 0 Å². The van der Waals surface area contributed by atoms with Crippen LogP contribution in [-0.4, -0.2) is 14.1 Å². The van der Waals surface area contributed by atoms with Crippen LogP contribution >= 0.6 is 15.9 Å². The highest BCUT2D eigenvalue weighted by Crippen LogP contribution is 2.20. The number of hydrogen-bond acceptors (Lipinski definition) is 1. The number of halogens is 1. The maximum Gasteiger partial charge on any atom is 0.132 e. The summed E-state index contributed by atoms with van der Waals surface area (Å²) in [7, 11) is 3.20. The molecule has 0 aliphatic heterocycles. The van der Waals surface area contributed by atoms with Crippen molar-refractivity contribution in [2.45, 2.75) is 0 Å². The molecular formula is C8H10BrNO. The lowest BCUT2D eigenvalue weighted by atomic mass is 10.3. The zero-order valence-electron chi connectivity index (χ0n) is 6.54. The van der Waals surface area contributed by atoms with E-state index >= 15 is 0 Å². The summed E-state index contributed by atoms with van der Waals surface area (Å²) in [4.78, 5) is 0. The molecule has 2 nitrogen and oxygen atoms in total. The summed E-state index contributed by atoms with van der Waals surface area (Å²) in [5.41, 5.74) is 0.758. The normalized spacial score (nSPS) is 11.6. The molecule has 1 rings (SSSR count). The van der Waals surface area contributed by atoms with Crippen molar-refractivity contribution in [3.05, 3.63) is 33.9 Å². The first-order valence-electron chi connectivity index (χ1n) is 3.31. The van der Waals surface area contributed by atoms with E-state index in [0.29, 0.717) is 0 Å². The Morgan fingerprint density at radius 2 is 1.64 bits per heavy atom. The molecule has 0 N–H and O–H groups in total. The number of quaternary nitrogens is 1. The SMILES string of the molecule is C[N+](C)([O-])c1ccc(Br)cc1. The molecular weight excluding hydrogens is 206 g/mol. The van der Waals surface area contributed by atoms with Crippen molar-refractivity contribution in [3.8, 4) is 0 Å². The molecule has 0 atom stereocenters. The molecule has 0 amide bonds. The zero-order chi connectivity index (χ0) is 8.48. The first kappa shape index (κ1) is 8.71. The predicted octanol–water partition coefficient (Wildman–Crippen LogP) is 2.51. The molecule has 0 spiro atoms. The molecule has 0 saturated heterocycles. The Labute approximate surface area is 74.7 Å². The first-order valence-corrected chi connectivity index (χ1v) is 4.10. The fourth-order valence-electron chi connectivity index (χ4n) is 0.800. The summed E-state index contributed by atoms with van der Waals surface area (Å²) in [6, 6.07) is 7.37. The minimum atomic E-state index is -0.382. The molecule has 60 valence electrons. The van der Waals surface area contributed by atoms with Crippen LogP contribution in [0.1, 0.15) is 0 Å². The second-order valence-electron chi connectivity index (χ2n) is 2.83. The number of nitrogens with zero attached hydrogens (tertiary/aromatic N) is 1. The van der Waals surface area contributed by atoms with Crippen LogP contribution in [0.15, 0.2) is 28.7 Å². The van der Waals surface area contributed by atoms with E-state index in [1.807, 2.05) is 24.3 Å². The number of hydroxylamine groups is 2. The molecule has 0 fully saturated rings. The highest BCUT2D eigenvalue weighted by Gasteiger charge is 2.05. The zero-order valence-corrected chi connectivity index (χ0v) is 8.13. The Bertz CT molecular complexity index is 237. The summed E-state index contributed by atoms with van der Waals surface area (Å²) in [5.74, 6) is 0. The predicted molar refractivity (Wildman–Crippen MR) is 51.2 cm³/mol. The molecule has 0 heterocycles. The first-order chi connectivity index (χ1) is 5.00.